The lowest BCUT2D eigenvalue weighted by atomic mass is 9.84. The zero-order valence-electron chi connectivity index (χ0n) is 20.6. The second-order valence-corrected chi connectivity index (χ2v) is 10.5. The van der Waals surface area contributed by atoms with E-state index in [4.69, 9.17) is 14.2 Å². The third-order valence-corrected chi connectivity index (χ3v) is 6.79. The molecule has 1 heterocycles. The smallest absolute Gasteiger partial charge is 0.408 e. The van der Waals surface area contributed by atoms with Crippen molar-refractivity contribution in [2.75, 3.05) is 12.4 Å². The van der Waals surface area contributed by atoms with Crippen molar-refractivity contribution in [3.63, 3.8) is 0 Å². The first kappa shape index (κ1) is 26.6. The molecule has 3 rings (SSSR count). The first-order valence-corrected chi connectivity index (χ1v) is 12.7. The van der Waals surface area contributed by atoms with Gasteiger partial charge >= 0.3 is 18.0 Å². The van der Waals surface area contributed by atoms with E-state index in [1.807, 2.05) is 60.7 Å². The molecule has 0 aliphatic carbocycles. The Bertz CT molecular complexity index is 1010. The number of esters is 2. The lowest BCUT2D eigenvalue weighted by Crippen LogP contribution is -2.47. The van der Waals surface area contributed by atoms with Gasteiger partial charge in [0, 0.05) is 17.1 Å². The molecule has 3 atom stereocenters. The quantitative estimate of drug-likeness (QED) is 0.230. The van der Waals surface area contributed by atoms with Crippen LogP contribution < -0.4 is 5.32 Å². The van der Waals surface area contributed by atoms with Gasteiger partial charge in [-0.15, -0.1) is 11.8 Å². The van der Waals surface area contributed by atoms with Gasteiger partial charge in [0.2, 0.25) is 0 Å². The first-order chi connectivity index (χ1) is 16.6. The molecule has 1 N–H and O–H groups in total. The van der Waals surface area contributed by atoms with Crippen molar-refractivity contribution >= 4 is 29.8 Å². The molecule has 35 heavy (non-hydrogen) atoms. The summed E-state index contributed by atoms with van der Waals surface area (Å²) in [7, 11) is 0. The Hall–Kier alpha value is -3.00. The van der Waals surface area contributed by atoms with E-state index in [0.29, 0.717) is 6.42 Å². The molecule has 0 aromatic heterocycles. The molecule has 1 aliphatic heterocycles. The van der Waals surface area contributed by atoms with Crippen LogP contribution >= 0.6 is 11.8 Å². The number of hydrogen-bond acceptors (Lipinski definition) is 7. The lowest BCUT2D eigenvalue weighted by Gasteiger charge is -2.27. The van der Waals surface area contributed by atoms with Crippen LogP contribution in [0.3, 0.4) is 0 Å². The number of ether oxygens (including phenoxy) is 3. The van der Waals surface area contributed by atoms with Crippen LogP contribution in [-0.2, 0) is 30.2 Å². The molecule has 1 amide bonds. The maximum Gasteiger partial charge on any atom is 0.408 e. The second kappa shape index (κ2) is 11.6. The van der Waals surface area contributed by atoms with E-state index in [9.17, 15) is 14.4 Å². The van der Waals surface area contributed by atoms with Crippen LogP contribution in [0.5, 0.6) is 0 Å². The zero-order chi connectivity index (χ0) is 25.5. The van der Waals surface area contributed by atoms with Crippen molar-refractivity contribution in [2.45, 2.75) is 63.2 Å². The summed E-state index contributed by atoms with van der Waals surface area (Å²) in [5.41, 5.74) is -1.20. The van der Waals surface area contributed by atoms with E-state index in [-0.39, 0.29) is 18.8 Å². The molecule has 7 nitrogen and oxygen atoms in total. The third kappa shape index (κ3) is 7.24. The summed E-state index contributed by atoms with van der Waals surface area (Å²) in [4.78, 5) is 39.9. The molecule has 0 saturated carbocycles. The maximum absolute atomic E-state index is 13.2. The highest BCUT2D eigenvalue weighted by Gasteiger charge is 2.57. The van der Waals surface area contributed by atoms with Crippen LogP contribution in [0.4, 0.5) is 4.79 Å². The fraction of sp³-hybridized carbons (Fsp3) is 0.444. The molecule has 2 aromatic rings. The van der Waals surface area contributed by atoms with Crippen LogP contribution in [0.25, 0.3) is 0 Å². The lowest BCUT2D eigenvalue weighted by molar-refractivity contribution is -0.163. The number of alkyl carbamates (subject to hydrolysis) is 1. The number of cyclic esters (lactones) is 1. The molecule has 1 aliphatic rings. The van der Waals surface area contributed by atoms with Crippen molar-refractivity contribution in [1.29, 1.82) is 0 Å². The van der Waals surface area contributed by atoms with Crippen LogP contribution in [0.15, 0.2) is 65.6 Å². The maximum atomic E-state index is 13.2. The Balaban J connectivity index is 1.85. The monoisotopic (exact) mass is 499 g/mol. The number of hydrogen-bond donors (Lipinski definition) is 1. The molecule has 1 fully saturated rings. The van der Waals surface area contributed by atoms with E-state index in [1.165, 1.54) is 11.8 Å². The first-order valence-electron chi connectivity index (χ1n) is 11.7. The Kier molecular flexibility index (Phi) is 8.83. The fourth-order valence-corrected chi connectivity index (χ4v) is 5.00. The van der Waals surface area contributed by atoms with Crippen molar-refractivity contribution < 1.29 is 28.6 Å². The summed E-state index contributed by atoms with van der Waals surface area (Å²) in [6.45, 7) is 7.19. The van der Waals surface area contributed by atoms with Gasteiger partial charge in [-0.3, -0.25) is 9.59 Å². The molecular weight excluding hydrogens is 466 g/mol. The number of thioether (sulfide) groups is 1. The number of nitrogens with one attached hydrogen (secondary N) is 1. The summed E-state index contributed by atoms with van der Waals surface area (Å²) in [5, 5.41) is 2.87. The van der Waals surface area contributed by atoms with Crippen LogP contribution in [0, 0.1) is 5.41 Å². The number of carbonyl (C=O) groups excluding carboxylic acids is 3. The van der Waals surface area contributed by atoms with Gasteiger partial charge in [0.15, 0.2) is 5.41 Å². The van der Waals surface area contributed by atoms with Gasteiger partial charge in [-0.1, -0.05) is 48.5 Å². The van der Waals surface area contributed by atoms with E-state index < -0.39 is 41.2 Å². The summed E-state index contributed by atoms with van der Waals surface area (Å²) in [6, 6.07) is 18.5. The Morgan fingerprint density at radius 2 is 1.74 bits per heavy atom. The molecule has 0 radical (unpaired) electrons. The number of benzene rings is 2. The topological polar surface area (TPSA) is 90.9 Å². The molecule has 8 heteroatoms. The average Bonchev–Trinajstić information content (AvgIpc) is 3.15. The van der Waals surface area contributed by atoms with E-state index in [0.717, 1.165) is 10.5 Å². The Morgan fingerprint density at radius 1 is 1.11 bits per heavy atom. The van der Waals surface area contributed by atoms with Crippen molar-refractivity contribution in [3.8, 4) is 0 Å². The van der Waals surface area contributed by atoms with Crippen LogP contribution in [0.1, 0.15) is 39.7 Å². The van der Waals surface area contributed by atoms with Crippen LogP contribution in [-0.4, -0.2) is 48.1 Å². The van der Waals surface area contributed by atoms with Gasteiger partial charge in [0.25, 0.3) is 0 Å². The second-order valence-electron chi connectivity index (χ2n) is 9.49. The minimum atomic E-state index is -1.47. The molecule has 1 unspecified atom stereocenters. The summed E-state index contributed by atoms with van der Waals surface area (Å²) in [6.07, 6.45) is -0.835. The molecule has 0 bridgehead atoms. The van der Waals surface area contributed by atoms with Gasteiger partial charge in [-0.05, 0) is 51.8 Å². The molecule has 1 saturated heterocycles. The van der Waals surface area contributed by atoms with Gasteiger partial charge in [-0.25, -0.2) is 4.79 Å². The van der Waals surface area contributed by atoms with Gasteiger partial charge < -0.3 is 19.5 Å². The Labute approximate surface area is 210 Å². The zero-order valence-corrected chi connectivity index (χ0v) is 21.4. The third-order valence-electron chi connectivity index (χ3n) is 5.54. The van der Waals surface area contributed by atoms with E-state index >= 15 is 0 Å². The highest BCUT2D eigenvalue weighted by molar-refractivity contribution is 7.99. The predicted molar refractivity (Wildman–Crippen MR) is 134 cm³/mol. The minimum absolute atomic E-state index is 0.0950. The molecule has 2 aromatic carbocycles. The summed E-state index contributed by atoms with van der Waals surface area (Å²) >= 11 is 1.40. The standard InChI is InChI=1S/C27H33NO6S/c1-5-32-23(29)27(18-35-20-14-10-7-11-15-20)17-22(33-24(27)30)21(16-19-12-8-6-9-13-19)28-25(31)34-26(2,3)4/h6-15,21-22H,5,16-18H2,1-4H3,(H,28,31)/t21-,22-,27?/m0/s1. The van der Waals surface area contributed by atoms with Crippen molar-refractivity contribution in [2.24, 2.45) is 5.41 Å². The van der Waals surface area contributed by atoms with Crippen molar-refractivity contribution in [3.05, 3.63) is 66.2 Å². The summed E-state index contributed by atoms with van der Waals surface area (Å²) < 4.78 is 16.5. The van der Waals surface area contributed by atoms with Crippen molar-refractivity contribution in [1.82, 2.24) is 5.32 Å². The summed E-state index contributed by atoms with van der Waals surface area (Å²) in [5.74, 6) is -1.06. The molecule has 0 spiro atoms. The number of rotatable bonds is 9. The number of carbonyl (C=O) groups is 3. The SMILES string of the molecule is CCOC(=O)C1(CSc2ccccc2)C[C@@H]([C@H](Cc2ccccc2)NC(=O)OC(C)(C)C)OC1=O. The largest absolute Gasteiger partial charge is 0.465 e. The average molecular weight is 500 g/mol. The molecular formula is C27H33NO6S. The van der Waals surface area contributed by atoms with E-state index in [2.05, 4.69) is 5.32 Å². The van der Waals surface area contributed by atoms with Crippen LogP contribution in [0.2, 0.25) is 0 Å². The van der Waals surface area contributed by atoms with Gasteiger partial charge in [-0.2, -0.15) is 0 Å². The van der Waals surface area contributed by atoms with Gasteiger partial charge in [0.05, 0.1) is 12.6 Å². The minimum Gasteiger partial charge on any atom is -0.465 e. The normalized spacial score (nSPS) is 20.6. The fourth-order valence-electron chi connectivity index (χ4n) is 3.88. The van der Waals surface area contributed by atoms with E-state index in [1.54, 1.807) is 27.7 Å². The highest BCUT2D eigenvalue weighted by Crippen LogP contribution is 2.41. The predicted octanol–water partition coefficient (Wildman–Crippen LogP) is 4.78. The van der Waals surface area contributed by atoms with Gasteiger partial charge in [0.1, 0.15) is 11.7 Å². The molecule has 188 valence electrons. The Morgan fingerprint density at radius 3 is 2.34 bits per heavy atom. The number of amides is 1. The highest BCUT2D eigenvalue weighted by atomic mass is 32.2.